The Hall–Kier alpha value is -2.45. The molecular weight excluding hydrogens is 318 g/mol. The number of hydrogen-bond donors (Lipinski definition) is 3. The van der Waals surface area contributed by atoms with Gasteiger partial charge in [0.05, 0.1) is 11.4 Å². The molecule has 0 bridgehead atoms. The van der Waals surface area contributed by atoms with E-state index in [1.807, 2.05) is 48.5 Å². The van der Waals surface area contributed by atoms with Gasteiger partial charge in [0.2, 0.25) is 0 Å². The highest BCUT2D eigenvalue weighted by atomic mass is 32.1. The Kier molecular flexibility index (Phi) is 5.87. The van der Waals surface area contributed by atoms with Crippen LogP contribution in [0.2, 0.25) is 0 Å². The van der Waals surface area contributed by atoms with Gasteiger partial charge in [-0.3, -0.25) is 10.2 Å². The largest absolute Gasteiger partial charge is 0.296 e. The molecular formula is C14H13N5OS2. The third-order valence-electron chi connectivity index (χ3n) is 2.42. The molecule has 0 atom stereocenters. The molecule has 112 valence electrons. The standard InChI is InChI=1S/C14H13N5OS2/c20-14(22)18-19(17-12-9-5-2-6-10-12)13(21)16-15-11-7-3-1-4-8-11/h1-10,17H,(H2,18,20,22). The molecule has 2 N–H and O–H groups in total. The van der Waals surface area contributed by atoms with E-state index in [4.69, 9.17) is 12.2 Å². The minimum Gasteiger partial charge on any atom is -0.277 e. The number of benzene rings is 2. The summed E-state index contributed by atoms with van der Waals surface area (Å²) in [7, 11) is 0. The number of amides is 1. The Labute approximate surface area is 138 Å². The molecule has 2 rings (SSSR count). The van der Waals surface area contributed by atoms with E-state index in [2.05, 4.69) is 33.7 Å². The van der Waals surface area contributed by atoms with Crippen LogP contribution in [0, 0.1) is 0 Å². The molecule has 6 nitrogen and oxygen atoms in total. The van der Waals surface area contributed by atoms with Crippen molar-refractivity contribution in [2.75, 3.05) is 5.43 Å². The number of para-hydroxylation sites is 1. The summed E-state index contributed by atoms with van der Waals surface area (Å²) >= 11 is 8.82. The normalized spacial score (nSPS) is 10.2. The Morgan fingerprint density at radius 2 is 1.64 bits per heavy atom. The van der Waals surface area contributed by atoms with Crippen LogP contribution in [-0.2, 0) is 0 Å². The van der Waals surface area contributed by atoms with E-state index in [0.717, 1.165) is 5.69 Å². The van der Waals surface area contributed by atoms with Gasteiger partial charge in [-0.15, -0.1) is 10.2 Å². The predicted molar refractivity (Wildman–Crippen MR) is 93.0 cm³/mol. The lowest BCUT2D eigenvalue weighted by Crippen LogP contribution is -2.46. The molecule has 0 aromatic heterocycles. The van der Waals surface area contributed by atoms with Gasteiger partial charge < -0.3 is 0 Å². The number of nitrogens with one attached hydrogen (secondary N) is 2. The number of rotatable bonds is 3. The molecule has 1 amide bonds. The number of anilines is 1. The van der Waals surface area contributed by atoms with E-state index in [1.165, 1.54) is 5.12 Å². The average Bonchev–Trinajstić information content (AvgIpc) is 2.53. The molecule has 0 aliphatic rings. The van der Waals surface area contributed by atoms with E-state index >= 15 is 0 Å². The lowest BCUT2D eigenvalue weighted by atomic mass is 10.3. The van der Waals surface area contributed by atoms with Crippen molar-refractivity contribution in [1.82, 2.24) is 10.5 Å². The van der Waals surface area contributed by atoms with E-state index in [9.17, 15) is 4.79 Å². The Bertz CT molecular complexity index is 663. The summed E-state index contributed by atoms with van der Waals surface area (Å²) in [6.07, 6.45) is 0. The number of thiol groups is 1. The lowest BCUT2D eigenvalue weighted by molar-refractivity contribution is 0.246. The van der Waals surface area contributed by atoms with E-state index in [1.54, 1.807) is 12.1 Å². The fourth-order valence-electron chi connectivity index (χ4n) is 1.50. The van der Waals surface area contributed by atoms with Crippen molar-refractivity contribution in [3.05, 3.63) is 60.7 Å². The predicted octanol–water partition coefficient (Wildman–Crippen LogP) is 3.94. The van der Waals surface area contributed by atoms with Crippen molar-refractivity contribution in [2.45, 2.75) is 0 Å². The lowest BCUT2D eigenvalue weighted by Gasteiger charge is -2.22. The van der Waals surface area contributed by atoms with E-state index < -0.39 is 5.24 Å². The van der Waals surface area contributed by atoms with Gasteiger partial charge >= 0.3 is 0 Å². The van der Waals surface area contributed by atoms with Crippen molar-refractivity contribution >= 4 is 46.6 Å². The number of thiocarbonyl (C=S) groups is 1. The van der Waals surface area contributed by atoms with Gasteiger partial charge in [-0.1, -0.05) is 49.0 Å². The molecule has 0 aliphatic carbocycles. The minimum absolute atomic E-state index is 0.0371. The van der Waals surface area contributed by atoms with E-state index in [0.29, 0.717) is 5.69 Å². The molecule has 0 spiro atoms. The molecule has 0 unspecified atom stereocenters. The molecule has 0 heterocycles. The highest BCUT2D eigenvalue weighted by Crippen LogP contribution is 2.12. The van der Waals surface area contributed by atoms with Gasteiger partial charge in [0, 0.05) is 0 Å². The number of carbonyl (C=O) groups excluding carboxylic acids is 1. The number of nitrogens with zero attached hydrogens (tertiary/aromatic N) is 3. The number of hydrogen-bond acceptors (Lipinski definition) is 4. The maximum absolute atomic E-state index is 11.2. The quantitative estimate of drug-likeness (QED) is 0.345. The molecule has 2 aromatic rings. The molecule has 22 heavy (non-hydrogen) atoms. The summed E-state index contributed by atoms with van der Waals surface area (Å²) < 4.78 is 0. The first-order valence-corrected chi connectivity index (χ1v) is 7.13. The zero-order chi connectivity index (χ0) is 15.8. The van der Waals surface area contributed by atoms with Gasteiger partial charge in [-0.25, -0.2) is 5.43 Å². The zero-order valence-corrected chi connectivity index (χ0v) is 13.1. The fraction of sp³-hybridized carbons (Fsp3) is 0. The first-order valence-electron chi connectivity index (χ1n) is 6.27. The van der Waals surface area contributed by atoms with E-state index in [-0.39, 0.29) is 5.11 Å². The molecule has 0 saturated heterocycles. The Morgan fingerprint density at radius 3 is 2.23 bits per heavy atom. The summed E-state index contributed by atoms with van der Waals surface area (Å²) in [6.45, 7) is 0. The summed E-state index contributed by atoms with van der Waals surface area (Å²) in [5, 5.41) is 8.54. The van der Waals surface area contributed by atoms with Crippen molar-refractivity contribution in [2.24, 2.45) is 10.2 Å². The maximum atomic E-state index is 11.2. The first-order chi connectivity index (χ1) is 10.6. The van der Waals surface area contributed by atoms with Crippen molar-refractivity contribution in [3.63, 3.8) is 0 Å². The van der Waals surface area contributed by atoms with Crippen molar-refractivity contribution in [3.8, 4) is 0 Å². The second-order valence-electron chi connectivity index (χ2n) is 4.05. The van der Waals surface area contributed by atoms with Crippen LogP contribution in [0.4, 0.5) is 16.2 Å². The van der Waals surface area contributed by atoms with Gasteiger partial charge in [0.25, 0.3) is 10.4 Å². The molecule has 2 aromatic carbocycles. The van der Waals surface area contributed by atoms with Crippen LogP contribution in [0.3, 0.4) is 0 Å². The monoisotopic (exact) mass is 331 g/mol. The smallest absolute Gasteiger partial charge is 0.277 e. The van der Waals surface area contributed by atoms with Crippen LogP contribution in [-0.4, -0.2) is 15.5 Å². The second-order valence-corrected chi connectivity index (χ2v) is 4.82. The molecule has 0 fully saturated rings. The third-order valence-corrected chi connectivity index (χ3v) is 2.78. The van der Waals surface area contributed by atoms with Crippen molar-refractivity contribution in [1.29, 1.82) is 0 Å². The van der Waals surface area contributed by atoms with Crippen LogP contribution in [0.1, 0.15) is 0 Å². The van der Waals surface area contributed by atoms with Gasteiger partial charge in [0.15, 0.2) is 0 Å². The third kappa shape index (κ3) is 5.15. The van der Waals surface area contributed by atoms with Crippen molar-refractivity contribution < 1.29 is 4.79 Å². The molecule has 8 heteroatoms. The van der Waals surface area contributed by atoms with Crippen LogP contribution >= 0.6 is 24.8 Å². The first kappa shape index (κ1) is 15.9. The minimum atomic E-state index is -0.583. The fourth-order valence-corrected chi connectivity index (χ4v) is 1.73. The summed E-state index contributed by atoms with van der Waals surface area (Å²) in [6, 6.07) is 18.3. The van der Waals surface area contributed by atoms with Crippen LogP contribution in [0.5, 0.6) is 0 Å². The summed E-state index contributed by atoms with van der Waals surface area (Å²) in [4.78, 5) is 11.2. The Balaban J connectivity index is 2.09. The molecule has 0 saturated carbocycles. The highest BCUT2D eigenvalue weighted by molar-refractivity contribution is 7.96. The second kappa shape index (κ2) is 8.11. The van der Waals surface area contributed by atoms with Crippen LogP contribution in [0.25, 0.3) is 0 Å². The molecule has 0 radical (unpaired) electrons. The number of carbonyl (C=O) groups is 1. The summed E-state index contributed by atoms with van der Waals surface area (Å²) in [5.74, 6) is 0. The summed E-state index contributed by atoms with van der Waals surface area (Å²) in [5.41, 5.74) is 6.70. The van der Waals surface area contributed by atoms with Gasteiger partial charge in [-0.2, -0.15) is 5.12 Å². The maximum Gasteiger partial charge on any atom is 0.296 e. The molecule has 0 aliphatic heterocycles. The average molecular weight is 331 g/mol. The van der Waals surface area contributed by atoms with Gasteiger partial charge in [-0.05, 0) is 36.5 Å². The van der Waals surface area contributed by atoms with Gasteiger partial charge in [0.1, 0.15) is 0 Å². The number of azo groups is 1. The SMILES string of the molecule is O=C(S)NN(Nc1ccccc1)C(=S)N=Nc1ccccc1. The van der Waals surface area contributed by atoms with Crippen LogP contribution in [0.15, 0.2) is 70.9 Å². The Morgan fingerprint density at radius 1 is 1.05 bits per heavy atom. The zero-order valence-electron chi connectivity index (χ0n) is 11.4. The number of hydrazine groups is 2. The topological polar surface area (TPSA) is 69.1 Å². The van der Waals surface area contributed by atoms with Crippen LogP contribution < -0.4 is 10.9 Å². The highest BCUT2D eigenvalue weighted by Gasteiger charge is 2.11.